The van der Waals surface area contributed by atoms with Crippen LogP contribution in [0.2, 0.25) is 0 Å². The van der Waals surface area contributed by atoms with E-state index in [9.17, 15) is 26.7 Å². The van der Waals surface area contributed by atoms with Gasteiger partial charge in [-0.25, -0.2) is 8.78 Å². The number of rotatable bonds is 2. The summed E-state index contributed by atoms with van der Waals surface area (Å²) in [7, 11) is 0. The third kappa shape index (κ3) is 2.81. The molecule has 0 fully saturated rings. The fraction of sp³-hybridized carbons (Fsp3) is 0.333. The normalized spacial score (nSPS) is 11.6. The number of H-pyrrole nitrogens is 1. The van der Waals surface area contributed by atoms with Crippen molar-refractivity contribution in [2.24, 2.45) is 0 Å². The Morgan fingerprint density at radius 1 is 1.41 bits per heavy atom. The van der Waals surface area contributed by atoms with Crippen LogP contribution in [0, 0.1) is 11.3 Å². The number of hydrogen-bond donors (Lipinski definition) is 1. The first-order chi connectivity index (χ1) is 7.77. The van der Waals surface area contributed by atoms with Gasteiger partial charge < -0.3 is 4.98 Å². The van der Waals surface area contributed by atoms with Crippen LogP contribution in [0.4, 0.5) is 22.0 Å². The molecule has 1 aromatic rings. The molecule has 0 spiro atoms. The monoisotopic (exact) mass is 252 g/mol. The van der Waals surface area contributed by atoms with Crippen LogP contribution in [0.25, 0.3) is 0 Å². The van der Waals surface area contributed by atoms with E-state index in [-0.39, 0.29) is 6.07 Å². The molecule has 1 aromatic heterocycles. The van der Waals surface area contributed by atoms with Crippen LogP contribution in [-0.2, 0) is 12.6 Å². The smallest absolute Gasteiger partial charge is 0.320 e. The molecule has 1 heterocycles. The molecule has 8 heteroatoms. The van der Waals surface area contributed by atoms with Gasteiger partial charge in [0.25, 0.3) is 12.0 Å². The summed E-state index contributed by atoms with van der Waals surface area (Å²) in [5.41, 5.74) is -4.72. The van der Waals surface area contributed by atoms with Crippen molar-refractivity contribution in [1.29, 1.82) is 5.26 Å². The average molecular weight is 252 g/mol. The fourth-order valence-corrected chi connectivity index (χ4v) is 1.22. The van der Waals surface area contributed by atoms with Crippen molar-refractivity contribution in [3.8, 4) is 6.07 Å². The van der Waals surface area contributed by atoms with Gasteiger partial charge in [-0.1, -0.05) is 0 Å². The van der Waals surface area contributed by atoms with E-state index in [0.29, 0.717) is 0 Å². The maximum Gasteiger partial charge on any atom is 0.421 e. The molecule has 0 atom stereocenters. The van der Waals surface area contributed by atoms with Gasteiger partial charge in [0.05, 0.1) is 18.2 Å². The zero-order chi connectivity index (χ0) is 13.2. The summed E-state index contributed by atoms with van der Waals surface area (Å²) in [6.45, 7) is 0. The van der Waals surface area contributed by atoms with Gasteiger partial charge in [0.15, 0.2) is 0 Å². The molecular weight excluding hydrogens is 247 g/mol. The molecule has 0 aliphatic rings. The lowest BCUT2D eigenvalue weighted by atomic mass is 10.1. The Hall–Kier alpha value is -1.91. The molecule has 3 nitrogen and oxygen atoms in total. The van der Waals surface area contributed by atoms with Gasteiger partial charge in [-0.2, -0.15) is 18.4 Å². The summed E-state index contributed by atoms with van der Waals surface area (Å²) >= 11 is 0. The first kappa shape index (κ1) is 13.2. The van der Waals surface area contributed by atoms with Gasteiger partial charge in [-0.05, 0) is 11.6 Å². The van der Waals surface area contributed by atoms with Gasteiger partial charge in [0, 0.05) is 0 Å². The van der Waals surface area contributed by atoms with Crippen molar-refractivity contribution < 1.29 is 22.0 Å². The Labute approximate surface area is 91.5 Å². The quantitative estimate of drug-likeness (QED) is 0.821. The first-order valence-electron chi connectivity index (χ1n) is 4.25. The van der Waals surface area contributed by atoms with Crippen LogP contribution in [0.1, 0.15) is 23.2 Å². The molecule has 1 rings (SSSR count). The molecule has 0 saturated heterocycles. The molecule has 0 aliphatic carbocycles. The predicted octanol–water partition coefficient (Wildman–Crippen LogP) is 2.40. The predicted molar refractivity (Wildman–Crippen MR) is 46.3 cm³/mol. The number of hydrogen-bond acceptors (Lipinski definition) is 2. The highest BCUT2D eigenvalue weighted by atomic mass is 19.4. The maximum absolute atomic E-state index is 12.4. The standard InChI is InChI=1S/C9H5F5N2O/c10-7(11)6-4(1-2-15)3-5(8(17)16-6)9(12,13)14/h3,7H,1H2,(H,16,17). The molecule has 0 aliphatic heterocycles. The van der Waals surface area contributed by atoms with Crippen molar-refractivity contribution in [2.75, 3.05) is 0 Å². The summed E-state index contributed by atoms with van der Waals surface area (Å²) in [5.74, 6) is 0. The Morgan fingerprint density at radius 2 is 2.00 bits per heavy atom. The van der Waals surface area contributed by atoms with Crippen molar-refractivity contribution in [1.82, 2.24) is 4.98 Å². The first-order valence-corrected chi connectivity index (χ1v) is 4.25. The lowest BCUT2D eigenvalue weighted by Crippen LogP contribution is -2.24. The minimum atomic E-state index is -4.95. The van der Waals surface area contributed by atoms with E-state index in [2.05, 4.69) is 0 Å². The van der Waals surface area contributed by atoms with Gasteiger partial charge >= 0.3 is 6.18 Å². The number of halogens is 5. The Morgan fingerprint density at radius 3 is 2.41 bits per heavy atom. The highest BCUT2D eigenvalue weighted by Gasteiger charge is 2.35. The number of pyridine rings is 1. The minimum absolute atomic E-state index is 0.281. The number of nitrogens with zero attached hydrogens (tertiary/aromatic N) is 1. The Balaban J connectivity index is 3.47. The summed E-state index contributed by atoms with van der Waals surface area (Å²) in [6.07, 6.45) is -8.73. The van der Waals surface area contributed by atoms with E-state index < -0.39 is 41.4 Å². The van der Waals surface area contributed by atoms with Gasteiger partial charge in [-0.3, -0.25) is 4.79 Å². The minimum Gasteiger partial charge on any atom is -0.320 e. The van der Waals surface area contributed by atoms with E-state index >= 15 is 0 Å². The van der Waals surface area contributed by atoms with Gasteiger partial charge in [0.2, 0.25) is 0 Å². The second-order valence-electron chi connectivity index (χ2n) is 3.08. The topological polar surface area (TPSA) is 56.6 Å². The summed E-state index contributed by atoms with van der Waals surface area (Å²) < 4.78 is 61.7. The summed E-state index contributed by atoms with van der Waals surface area (Å²) in [6, 6.07) is 1.74. The van der Waals surface area contributed by atoms with Crippen LogP contribution in [0.5, 0.6) is 0 Å². The fourth-order valence-electron chi connectivity index (χ4n) is 1.22. The van der Waals surface area contributed by atoms with Gasteiger partial charge in [0.1, 0.15) is 5.56 Å². The largest absolute Gasteiger partial charge is 0.421 e. The van der Waals surface area contributed by atoms with Crippen LogP contribution in [0.3, 0.4) is 0 Å². The third-order valence-corrected chi connectivity index (χ3v) is 1.95. The van der Waals surface area contributed by atoms with Crippen molar-refractivity contribution in [3.05, 3.63) is 33.2 Å². The number of alkyl halides is 5. The number of nitriles is 1. The SMILES string of the molecule is N#CCc1cc(C(F)(F)F)c(=O)[nH]c1C(F)F. The zero-order valence-electron chi connectivity index (χ0n) is 8.11. The Bertz CT molecular complexity index is 512. The lowest BCUT2D eigenvalue weighted by Gasteiger charge is -2.10. The van der Waals surface area contributed by atoms with E-state index in [0.717, 1.165) is 0 Å². The third-order valence-electron chi connectivity index (χ3n) is 1.95. The summed E-state index contributed by atoms with van der Waals surface area (Å²) in [5, 5.41) is 8.32. The van der Waals surface area contributed by atoms with Crippen LogP contribution in [0.15, 0.2) is 10.9 Å². The molecule has 0 aromatic carbocycles. The van der Waals surface area contributed by atoms with Crippen LogP contribution in [-0.4, -0.2) is 4.98 Å². The maximum atomic E-state index is 12.4. The Kier molecular flexibility index (Phi) is 3.50. The molecule has 0 unspecified atom stereocenters. The van der Waals surface area contributed by atoms with E-state index in [1.54, 1.807) is 0 Å². The molecule has 0 saturated carbocycles. The second-order valence-corrected chi connectivity index (χ2v) is 3.08. The molecule has 92 valence electrons. The molecule has 17 heavy (non-hydrogen) atoms. The average Bonchev–Trinajstić information content (AvgIpc) is 2.18. The van der Waals surface area contributed by atoms with E-state index in [1.807, 2.05) is 0 Å². The van der Waals surface area contributed by atoms with E-state index in [1.165, 1.54) is 11.1 Å². The number of nitrogens with one attached hydrogen (secondary N) is 1. The van der Waals surface area contributed by atoms with Crippen molar-refractivity contribution in [2.45, 2.75) is 19.0 Å². The zero-order valence-corrected chi connectivity index (χ0v) is 8.11. The lowest BCUT2D eigenvalue weighted by molar-refractivity contribution is -0.138. The van der Waals surface area contributed by atoms with Crippen LogP contribution < -0.4 is 5.56 Å². The van der Waals surface area contributed by atoms with Crippen molar-refractivity contribution in [3.63, 3.8) is 0 Å². The molecular formula is C9H5F5N2O. The van der Waals surface area contributed by atoms with Crippen LogP contribution >= 0.6 is 0 Å². The molecule has 0 amide bonds. The highest BCUT2D eigenvalue weighted by molar-refractivity contribution is 5.30. The number of aromatic nitrogens is 1. The second kappa shape index (κ2) is 4.53. The van der Waals surface area contributed by atoms with E-state index in [4.69, 9.17) is 5.26 Å². The van der Waals surface area contributed by atoms with Gasteiger partial charge in [-0.15, -0.1) is 0 Å². The molecule has 1 N–H and O–H groups in total. The number of aromatic amines is 1. The summed E-state index contributed by atoms with van der Waals surface area (Å²) in [4.78, 5) is 12.4. The van der Waals surface area contributed by atoms with Crippen molar-refractivity contribution >= 4 is 0 Å². The highest BCUT2D eigenvalue weighted by Crippen LogP contribution is 2.29. The molecule has 0 bridgehead atoms. The molecule has 0 radical (unpaired) electrons.